The standard InChI is InChI=1S/C23H25NO6/c1-3-30-18-11-7-16(8-12-18)21(26)19-20(15-5-9-17(29-2)10-6-15)24(13-4-14-25)23(28)22(19)27/h5-12,20,25-26H,3-4,13-14H2,1-2H3/t20-/m0/s1. The van der Waals surface area contributed by atoms with Crippen molar-refractivity contribution in [2.24, 2.45) is 0 Å². The van der Waals surface area contributed by atoms with E-state index < -0.39 is 17.7 Å². The summed E-state index contributed by atoms with van der Waals surface area (Å²) in [5.41, 5.74) is 1.10. The SMILES string of the molecule is CCOc1ccc(C(O)=C2C(=O)C(=O)N(CCCO)[C@H]2c2ccc(OC)cc2)cc1. The number of rotatable bonds is 8. The molecule has 0 aliphatic carbocycles. The molecule has 158 valence electrons. The number of carbonyl (C=O) groups excluding carboxylic acids is 2. The first-order valence-electron chi connectivity index (χ1n) is 9.78. The Morgan fingerprint density at radius 1 is 1.03 bits per heavy atom. The lowest BCUT2D eigenvalue weighted by Gasteiger charge is -2.25. The lowest BCUT2D eigenvalue weighted by atomic mass is 9.95. The van der Waals surface area contributed by atoms with Crippen molar-refractivity contribution in [1.29, 1.82) is 0 Å². The topological polar surface area (TPSA) is 96.3 Å². The summed E-state index contributed by atoms with van der Waals surface area (Å²) in [5, 5.41) is 20.2. The Morgan fingerprint density at radius 3 is 2.23 bits per heavy atom. The number of Topliss-reactive ketones (excluding diaryl/α,β-unsaturated/α-hetero) is 1. The molecule has 2 aromatic carbocycles. The van der Waals surface area contributed by atoms with Gasteiger partial charge in [-0.3, -0.25) is 9.59 Å². The molecule has 30 heavy (non-hydrogen) atoms. The number of nitrogens with zero attached hydrogens (tertiary/aromatic N) is 1. The van der Waals surface area contributed by atoms with Crippen LogP contribution in [0.4, 0.5) is 0 Å². The van der Waals surface area contributed by atoms with Crippen molar-refractivity contribution in [2.45, 2.75) is 19.4 Å². The molecule has 0 aromatic heterocycles. The van der Waals surface area contributed by atoms with E-state index in [-0.39, 0.29) is 24.5 Å². The molecular weight excluding hydrogens is 386 g/mol. The van der Waals surface area contributed by atoms with Gasteiger partial charge in [0.05, 0.1) is 25.3 Å². The summed E-state index contributed by atoms with van der Waals surface area (Å²) in [6.07, 6.45) is 0.322. The summed E-state index contributed by atoms with van der Waals surface area (Å²) in [5.74, 6) is -0.415. The van der Waals surface area contributed by atoms with Gasteiger partial charge in [-0.25, -0.2) is 0 Å². The lowest BCUT2D eigenvalue weighted by Crippen LogP contribution is -2.31. The van der Waals surface area contributed by atoms with Gasteiger partial charge < -0.3 is 24.6 Å². The lowest BCUT2D eigenvalue weighted by molar-refractivity contribution is -0.140. The van der Waals surface area contributed by atoms with E-state index in [2.05, 4.69) is 0 Å². The minimum absolute atomic E-state index is 0.0206. The van der Waals surface area contributed by atoms with Crippen molar-refractivity contribution in [3.05, 3.63) is 65.2 Å². The van der Waals surface area contributed by atoms with Crippen LogP contribution in [-0.2, 0) is 9.59 Å². The summed E-state index contributed by atoms with van der Waals surface area (Å²) in [7, 11) is 1.55. The van der Waals surface area contributed by atoms with Crippen molar-refractivity contribution in [3.8, 4) is 11.5 Å². The molecule has 1 atom stereocenters. The number of aliphatic hydroxyl groups excluding tert-OH is 2. The number of hydrogen-bond acceptors (Lipinski definition) is 6. The first kappa shape index (κ1) is 21.4. The van der Waals surface area contributed by atoms with Gasteiger partial charge in [0.1, 0.15) is 17.3 Å². The fraction of sp³-hybridized carbons (Fsp3) is 0.304. The fourth-order valence-corrected chi connectivity index (χ4v) is 3.52. The zero-order valence-corrected chi connectivity index (χ0v) is 17.0. The number of amides is 1. The highest BCUT2D eigenvalue weighted by Gasteiger charge is 2.45. The van der Waals surface area contributed by atoms with Crippen molar-refractivity contribution in [2.75, 3.05) is 26.9 Å². The smallest absolute Gasteiger partial charge is 0.295 e. The maximum Gasteiger partial charge on any atom is 0.295 e. The Labute approximate surface area is 175 Å². The molecule has 2 aromatic rings. The third-order valence-electron chi connectivity index (χ3n) is 4.97. The van der Waals surface area contributed by atoms with Crippen LogP contribution >= 0.6 is 0 Å². The first-order chi connectivity index (χ1) is 14.5. The predicted octanol–water partition coefficient (Wildman–Crippen LogP) is 2.90. The first-order valence-corrected chi connectivity index (χ1v) is 9.78. The van der Waals surface area contributed by atoms with Crippen molar-refractivity contribution in [1.82, 2.24) is 4.90 Å². The quantitative estimate of drug-likeness (QED) is 0.394. The molecule has 0 spiro atoms. The van der Waals surface area contributed by atoms with Crippen molar-refractivity contribution in [3.63, 3.8) is 0 Å². The molecular formula is C23H25NO6. The fourth-order valence-electron chi connectivity index (χ4n) is 3.52. The van der Waals surface area contributed by atoms with Crippen LogP contribution < -0.4 is 9.47 Å². The number of likely N-dealkylation sites (tertiary alicyclic amines) is 1. The van der Waals surface area contributed by atoms with E-state index in [0.29, 0.717) is 35.7 Å². The zero-order chi connectivity index (χ0) is 21.7. The van der Waals surface area contributed by atoms with Crippen LogP contribution in [0, 0.1) is 0 Å². The van der Waals surface area contributed by atoms with Crippen LogP contribution in [0.5, 0.6) is 11.5 Å². The van der Waals surface area contributed by atoms with Gasteiger partial charge in [-0.2, -0.15) is 0 Å². The van der Waals surface area contributed by atoms with E-state index in [1.807, 2.05) is 6.92 Å². The molecule has 1 aliphatic heterocycles. The van der Waals surface area contributed by atoms with E-state index in [0.717, 1.165) is 0 Å². The molecule has 1 amide bonds. The van der Waals surface area contributed by atoms with Gasteiger partial charge in [-0.1, -0.05) is 12.1 Å². The second kappa shape index (κ2) is 9.45. The normalized spacial score (nSPS) is 18.0. The zero-order valence-electron chi connectivity index (χ0n) is 17.0. The Bertz CT molecular complexity index is 933. The summed E-state index contributed by atoms with van der Waals surface area (Å²) >= 11 is 0. The number of carbonyl (C=O) groups is 2. The Kier molecular flexibility index (Phi) is 6.74. The van der Waals surface area contributed by atoms with Gasteiger partial charge in [0.25, 0.3) is 11.7 Å². The number of aliphatic hydroxyl groups is 2. The number of methoxy groups -OCH3 is 1. The maximum atomic E-state index is 12.8. The van der Waals surface area contributed by atoms with Crippen molar-refractivity contribution < 1.29 is 29.3 Å². The Hall–Kier alpha value is -3.32. The van der Waals surface area contributed by atoms with Gasteiger partial charge in [0.15, 0.2) is 0 Å². The van der Waals surface area contributed by atoms with E-state index in [9.17, 15) is 19.8 Å². The number of ether oxygens (including phenoxy) is 2. The Morgan fingerprint density at radius 2 is 1.67 bits per heavy atom. The van der Waals surface area contributed by atoms with Crippen LogP contribution in [0.25, 0.3) is 5.76 Å². The second-order valence-corrected chi connectivity index (χ2v) is 6.80. The maximum absolute atomic E-state index is 12.8. The average molecular weight is 411 g/mol. The van der Waals surface area contributed by atoms with Crippen LogP contribution in [-0.4, -0.2) is 53.7 Å². The van der Waals surface area contributed by atoms with Crippen LogP contribution in [0.1, 0.15) is 30.5 Å². The second-order valence-electron chi connectivity index (χ2n) is 6.80. The predicted molar refractivity (Wildman–Crippen MR) is 111 cm³/mol. The van der Waals surface area contributed by atoms with Gasteiger partial charge in [-0.15, -0.1) is 0 Å². The molecule has 0 radical (unpaired) electrons. The van der Waals surface area contributed by atoms with Crippen molar-refractivity contribution >= 4 is 17.4 Å². The monoisotopic (exact) mass is 411 g/mol. The van der Waals surface area contributed by atoms with E-state index in [4.69, 9.17) is 9.47 Å². The van der Waals surface area contributed by atoms with E-state index >= 15 is 0 Å². The highest BCUT2D eigenvalue weighted by atomic mass is 16.5. The number of ketones is 1. The van der Waals surface area contributed by atoms with Gasteiger partial charge in [0, 0.05) is 18.7 Å². The minimum atomic E-state index is -0.756. The highest BCUT2D eigenvalue weighted by Crippen LogP contribution is 2.40. The van der Waals surface area contributed by atoms with E-state index in [1.165, 1.54) is 4.90 Å². The number of benzene rings is 2. The highest BCUT2D eigenvalue weighted by molar-refractivity contribution is 6.46. The molecule has 0 saturated carbocycles. The Balaban J connectivity index is 2.08. The van der Waals surface area contributed by atoms with Gasteiger partial charge in [-0.05, 0) is 55.3 Å². The molecule has 2 N–H and O–H groups in total. The molecule has 7 heteroatoms. The van der Waals surface area contributed by atoms with Crippen LogP contribution in [0.15, 0.2) is 54.1 Å². The van der Waals surface area contributed by atoms with Gasteiger partial charge in [0.2, 0.25) is 0 Å². The van der Waals surface area contributed by atoms with Gasteiger partial charge >= 0.3 is 0 Å². The number of hydrogen-bond donors (Lipinski definition) is 2. The summed E-state index contributed by atoms with van der Waals surface area (Å²) in [6, 6.07) is 12.9. The average Bonchev–Trinajstić information content (AvgIpc) is 3.02. The molecule has 1 saturated heterocycles. The molecule has 7 nitrogen and oxygen atoms in total. The van der Waals surface area contributed by atoms with Crippen LogP contribution in [0.2, 0.25) is 0 Å². The summed E-state index contributed by atoms with van der Waals surface area (Å²) in [4.78, 5) is 26.9. The largest absolute Gasteiger partial charge is 0.507 e. The summed E-state index contributed by atoms with van der Waals surface area (Å²) < 4.78 is 10.6. The summed E-state index contributed by atoms with van der Waals surface area (Å²) in [6.45, 7) is 2.46. The molecule has 0 unspecified atom stereocenters. The molecule has 1 fully saturated rings. The molecule has 3 rings (SSSR count). The van der Waals surface area contributed by atoms with Crippen LogP contribution in [0.3, 0.4) is 0 Å². The minimum Gasteiger partial charge on any atom is -0.507 e. The molecule has 1 aliphatic rings. The third-order valence-corrected chi connectivity index (χ3v) is 4.97. The third kappa shape index (κ3) is 4.16. The molecule has 1 heterocycles. The molecule has 0 bridgehead atoms. The van der Waals surface area contributed by atoms with E-state index in [1.54, 1.807) is 55.6 Å².